The van der Waals surface area contributed by atoms with Gasteiger partial charge in [-0.2, -0.15) is 0 Å². The Bertz CT molecular complexity index is 290. The fourth-order valence-electron chi connectivity index (χ4n) is 3.40. The number of nitrogens with one attached hydrogen (secondary N) is 1. The molecule has 112 valence electrons. The summed E-state index contributed by atoms with van der Waals surface area (Å²) in [7, 11) is 1.51. The maximum Gasteiger partial charge on any atom is 0.326 e. The summed E-state index contributed by atoms with van der Waals surface area (Å²) in [5.74, 6) is 1.27. The fraction of sp³-hybridized carbons (Fsp3) is 0.938. The van der Waals surface area contributed by atoms with E-state index >= 15 is 0 Å². The fourth-order valence-corrected chi connectivity index (χ4v) is 3.40. The lowest BCUT2D eigenvalue weighted by Crippen LogP contribution is -2.58. The zero-order valence-corrected chi connectivity index (χ0v) is 13.3. The lowest BCUT2D eigenvalue weighted by Gasteiger charge is -2.41. The molecule has 1 fully saturated rings. The van der Waals surface area contributed by atoms with E-state index < -0.39 is 5.54 Å². The first kappa shape index (κ1) is 16.5. The lowest BCUT2D eigenvalue weighted by atomic mass is 9.72. The van der Waals surface area contributed by atoms with Gasteiger partial charge >= 0.3 is 5.97 Å². The predicted molar refractivity (Wildman–Crippen MR) is 79.0 cm³/mol. The average Bonchev–Trinajstić information content (AvgIpc) is 2.37. The van der Waals surface area contributed by atoms with Crippen molar-refractivity contribution in [1.82, 2.24) is 5.32 Å². The van der Waals surface area contributed by atoms with Crippen LogP contribution in [0.1, 0.15) is 66.2 Å². The van der Waals surface area contributed by atoms with Gasteiger partial charge in [0.25, 0.3) is 0 Å². The Labute approximate surface area is 118 Å². The minimum atomic E-state index is -0.442. The topological polar surface area (TPSA) is 38.3 Å². The Kier molecular flexibility index (Phi) is 6.31. The van der Waals surface area contributed by atoms with Crippen LogP contribution < -0.4 is 5.32 Å². The number of esters is 1. The van der Waals surface area contributed by atoms with Crippen molar-refractivity contribution >= 4 is 5.97 Å². The van der Waals surface area contributed by atoms with Crippen LogP contribution in [-0.2, 0) is 9.53 Å². The van der Waals surface area contributed by atoms with Crippen LogP contribution in [-0.4, -0.2) is 24.7 Å². The third-order valence-corrected chi connectivity index (χ3v) is 4.37. The SMILES string of the molecule is CCC(C)NC1(C(=O)OC)CCCC(CC(C)C)C1. The van der Waals surface area contributed by atoms with Gasteiger partial charge in [-0.25, -0.2) is 0 Å². The van der Waals surface area contributed by atoms with Crippen molar-refractivity contribution in [1.29, 1.82) is 0 Å². The lowest BCUT2D eigenvalue weighted by molar-refractivity contribution is -0.151. The molecule has 3 unspecified atom stereocenters. The Morgan fingerprint density at radius 1 is 1.42 bits per heavy atom. The van der Waals surface area contributed by atoms with E-state index in [2.05, 4.69) is 33.0 Å². The largest absolute Gasteiger partial charge is 0.468 e. The molecule has 1 N–H and O–H groups in total. The zero-order chi connectivity index (χ0) is 14.5. The van der Waals surface area contributed by atoms with Gasteiger partial charge in [0.1, 0.15) is 5.54 Å². The van der Waals surface area contributed by atoms with E-state index in [0.29, 0.717) is 17.9 Å². The summed E-state index contributed by atoms with van der Waals surface area (Å²) >= 11 is 0. The molecule has 0 aromatic rings. The van der Waals surface area contributed by atoms with Gasteiger partial charge in [-0.1, -0.05) is 33.6 Å². The van der Waals surface area contributed by atoms with Crippen LogP contribution in [0, 0.1) is 11.8 Å². The van der Waals surface area contributed by atoms with Gasteiger partial charge in [0, 0.05) is 6.04 Å². The first-order valence-corrected chi connectivity index (χ1v) is 7.79. The molecule has 0 spiro atoms. The summed E-state index contributed by atoms with van der Waals surface area (Å²) in [4.78, 5) is 12.3. The normalized spacial score (nSPS) is 29.3. The molecule has 1 rings (SSSR count). The van der Waals surface area contributed by atoms with Crippen molar-refractivity contribution in [2.75, 3.05) is 7.11 Å². The average molecular weight is 269 g/mol. The van der Waals surface area contributed by atoms with Crippen molar-refractivity contribution in [3.8, 4) is 0 Å². The number of hydrogen-bond donors (Lipinski definition) is 1. The molecule has 19 heavy (non-hydrogen) atoms. The van der Waals surface area contributed by atoms with Gasteiger partial charge < -0.3 is 4.74 Å². The number of ether oxygens (including phenoxy) is 1. The minimum absolute atomic E-state index is 0.0683. The molecule has 0 saturated heterocycles. The Morgan fingerprint density at radius 3 is 2.63 bits per heavy atom. The van der Waals surface area contributed by atoms with E-state index in [1.165, 1.54) is 20.0 Å². The van der Waals surface area contributed by atoms with Crippen LogP contribution in [0.2, 0.25) is 0 Å². The maximum absolute atomic E-state index is 12.3. The highest BCUT2D eigenvalue weighted by molar-refractivity contribution is 5.81. The molecule has 0 bridgehead atoms. The summed E-state index contributed by atoms with van der Waals surface area (Å²) < 4.78 is 5.09. The van der Waals surface area contributed by atoms with E-state index in [9.17, 15) is 4.79 Å². The quantitative estimate of drug-likeness (QED) is 0.750. The second kappa shape index (κ2) is 7.28. The molecule has 1 aliphatic carbocycles. The molecule has 0 aliphatic heterocycles. The smallest absolute Gasteiger partial charge is 0.326 e. The van der Waals surface area contributed by atoms with Crippen LogP contribution >= 0.6 is 0 Å². The highest BCUT2D eigenvalue weighted by Crippen LogP contribution is 2.37. The van der Waals surface area contributed by atoms with Crippen LogP contribution in [0.5, 0.6) is 0 Å². The number of carbonyl (C=O) groups excluding carboxylic acids is 1. The molecular formula is C16H31NO2. The molecule has 3 nitrogen and oxygen atoms in total. The van der Waals surface area contributed by atoms with E-state index in [-0.39, 0.29) is 5.97 Å². The van der Waals surface area contributed by atoms with Crippen molar-refractivity contribution in [3.63, 3.8) is 0 Å². The molecule has 1 aliphatic rings. The summed E-state index contributed by atoms with van der Waals surface area (Å²) in [6.07, 6.45) is 6.46. The molecule has 0 amide bonds. The number of hydrogen-bond acceptors (Lipinski definition) is 3. The van der Waals surface area contributed by atoms with Gasteiger partial charge in [-0.3, -0.25) is 10.1 Å². The number of carbonyl (C=O) groups is 1. The Morgan fingerprint density at radius 2 is 2.11 bits per heavy atom. The summed E-state index contributed by atoms with van der Waals surface area (Å²) in [6.45, 7) is 8.82. The third-order valence-electron chi connectivity index (χ3n) is 4.37. The molecule has 0 heterocycles. The van der Waals surface area contributed by atoms with Crippen molar-refractivity contribution in [2.24, 2.45) is 11.8 Å². The monoisotopic (exact) mass is 269 g/mol. The number of rotatable bonds is 6. The van der Waals surface area contributed by atoms with E-state index in [0.717, 1.165) is 25.7 Å². The molecule has 0 radical (unpaired) electrons. The van der Waals surface area contributed by atoms with Crippen molar-refractivity contribution < 1.29 is 9.53 Å². The van der Waals surface area contributed by atoms with Crippen molar-refractivity contribution in [2.45, 2.75) is 77.8 Å². The molecule has 0 aromatic heterocycles. The summed E-state index contributed by atoms with van der Waals surface area (Å²) in [5.41, 5.74) is -0.442. The van der Waals surface area contributed by atoms with Crippen LogP contribution in [0.15, 0.2) is 0 Å². The zero-order valence-electron chi connectivity index (χ0n) is 13.3. The summed E-state index contributed by atoms with van der Waals surface area (Å²) in [5, 5.41) is 3.56. The second-order valence-electron chi connectivity index (χ2n) is 6.62. The third kappa shape index (κ3) is 4.48. The number of methoxy groups -OCH3 is 1. The van der Waals surface area contributed by atoms with Gasteiger partial charge in [-0.05, 0) is 44.4 Å². The van der Waals surface area contributed by atoms with E-state index in [4.69, 9.17) is 4.74 Å². The minimum Gasteiger partial charge on any atom is -0.468 e. The molecular weight excluding hydrogens is 238 g/mol. The van der Waals surface area contributed by atoms with Crippen LogP contribution in [0.4, 0.5) is 0 Å². The van der Waals surface area contributed by atoms with Crippen LogP contribution in [0.25, 0.3) is 0 Å². The maximum atomic E-state index is 12.3. The van der Waals surface area contributed by atoms with Crippen LogP contribution in [0.3, 0.4) is 0 Å². The summed E-state index contributed by atoms with van der Waals surface area (Å²) in [6, 6.07) is 0.358. The molecule has 3 atom stereocenters. The first-order chi connectivity index (χ1) is 8.93. The first-order valence-electron chi connectivity index (χ1n) is 7.79. The van der Waals surface area contributed by atoms with Crippen molar-refractivity contribution in [3.05, 3.63) is 0 Å². The highest BCUT2D eigenvalue weighted by atomic mass is 16.5. The predicted octanol–water partition coefficient (Wildman–Crippen LogP) is 3.52. The highest BCUT2D eigenvalue weighted by Gasteiger charge is 2.44. The molecule has 1 saturated carbocycles. The van der Waals surface area contributed by atoms with Gasteiger partial charge in [0.05, 0.1) is 7.11 Å². The standard InChI is InChI=1S/C16H31NO2/c1-6-13(4)17-16(15(18)19-5)9-7-8-14(11-16)10-12(2)3/h12-14,17H,6-11H2,1-5H3. The van der Waals surface area contributed by atoms with E-state index in [1.54, 1.807) is 0 Å². The molecule has 0 aromatic carbocycles. The van der Waals surface area contributed by atoms with Gasteiger partial charge in [0.2, 0.25) is 0 Å². The van der Waals surface area contributed by atoms with Gasteiger partial charge in [0.15, 0.2) is 0 Å². The Hall–Kier alpha value is -0.570. The van der Waals surface area contributed by atoms with Gasteiger partial charge in [-0.15, -0.1) is 0 Å². The Balaban J connectivity index is 2.80. The second-order valence-corrected chi connectivity index (χ2v) is 6.62. The molecule has 3 heteroatoms. The van der Waals surface area contributed by atoms with E-state index in [1.807, 2.05) is 0 Å².